The third-order valence-electron chi connectivity index (χ3n) is 5.09. The molecule has 1 aromatic carbocycles. The van der Waals surface area contributed by atoms with Gasteiger partial charge in [-0.25, -0.2) is 0 Å². The van der Waals surface area contributed by atoms with Gasteiger partial charge < -0.3 is 10.4 Å². The Labute approximate surface area is 140 Å². The summed E-state index contributed by atoms with van der Waals surface area (Å²) in [4.78, 5) is 12.4. The summed E-state index contributed by atoms with van der Waals surface area (Å²) < 4.78 is 0. The average molecular weight is 340 g/mol. The second-order valence-corrected chi connectivity index (χ2v) is 8.07. The topological polar surface area (TPSA) is 49.3 Å². The van der Waals surface area contributed by atoms with Crippen molar-refractivity contribution in [2.75, 3.05) is 18.1 Å². The molecule has 1 aromatic rings. The van der Waals surface area contributed by atoms with Crippen LogP contribution in [-0.4, -0.2) is 34.7 Å². The lowest BCUT2D eigenvalue weighted by atomic mass is 9.64. The summed E-state index contributed by atoms with van der Waals surface area (Å²) in [5.74, 6) is 1.48. The molecule has 2 fully saturated rings. The van der Waals surface area contributed by atoms with Crippen LogP contribution in [0.3, 0.4) is 0 Å². The number of rotatable bonds is 4. The highest BCUT2D eigenvalue weighted by Gasteiger charge is 2.43. The summed E-state index contributed by atoms with van der Waals surface area (Å²) in [5, 5.41) is 14.3. The van der Waals surface area contributed by atoms with Gasteiger partial charge >= 0.3 is 0 Å². The molecule has 0 bridgehead atoms. The molecule has 22 heavy (non-hydrogen) atoms. The van der Waals surface area contributed by atoms with Crippen molar-refractivity contribution in [3.63, 3.8) is 0 Å². The van der Waals surface area contributed by atoms with E-state index < -0.39 is 5.60 Å². The van der Waals surface area contributed by atoms with Gasteiger partial charge in [0.15, 0.2) is 0 Å². The molecule has 0 unspecified atom stereocenters. The lowest BCUT2D eigenvalue weighted by molar-refractivity contribution is -0.141. The van der Waals surface area contributed by atoms with E-state index in [1.54, 1.807) is 11.8 Å². The molecule has 1 amide bonds. The van der Waals surface area contributed by atoms with Crippen LogP contribution in [0.4, 0.5) is 0 Å². The van der Waals surface area contributed by atoms with Gasteiger partial charge in [-0.15, -0.1) is 0 Å². The maximum atomic E-state index is 12.4. The van der Waals surface area contributed by atoms with Crippen LogP contribution in [0.1, 0.15) is 37.7 Å². The molecule has 120 valence electrons. The molecule has 5 heteroatoms. The zero-order chi connectivity index (χ0) is 15.6. The summed E-state index contributed by atoms with van der Waals surface area (Å²) in [7, 11) is 0. The summed E-state index contributed by atoms with van der Waals surface area (Å²) in [5.41, 5.74) is -0.126. The van der Waals surface area contributed by atoms with Crippen molar-refractivity contribution < 1.29 is 9.90 Å². The van der Waals surface area contributed by atoms with Crippen molar-refractivity contribution in [2.45, 2.75) is 43.1 Å². The van der Waals surface area contributed by atoms with E-state index in [-0.39, 0.29) is 11.3 Å². The van der Waals surface area contributed by atoms with Crippen molar-refractivity contribution in [1.29, 1.82) is 0 Å². The van der Waals surface area contributed by atoms with E-state index in [0.717, 1.165) is 41.4 Å². The second-order valence-electron chi connectivity index (χ2n) is 6.44. The Balaban J connectivity index is 1.69. The highest BCUT2D eigenvalue weighted by atomic mass is 35.5. The minimum atomic E-state index is -1.18. The monoisotopic (exact) mass is 339 g/mol. The number of hydrogen-bond acceptors (Lipinski definition) is 3. The number of amides is 1. The molecule has 1 heterocycles. The SMILES string of the molecule is O=C(NCC1(c2ccccc2Cl)CCC1)C1(O)CCSCC1. The van der Waals surface area contributed by atoms with Crippen LogP contribution in [0, 0.1) is 0 Å². The fraction of sp³-hybridized carbons (Fsp3) is 0.588. The number of thioether (sulfide) groups is 1. The van der Waals surface area contributed by atoms with E-state index in [0.29, 0.717) is 19.4 Å². The zero-order valence-corrected chi connectivity index (χ0v) is 14.2. The van der Waals surface area contributed by atoms with Crippen LogP contribution in [0.2, 0.25) is 5.02 Å². The normalized spacial score (nSPS) is 22.6. The van der Waals surface area contributed by atoms with Crippen LogP contribution in [0.15, 0.2) is 24.3 Å². The Kier molecular flexibility index (Phi) is 4.72. The van der Waals surface area contributed by atoms with E-state index in [1.165, 1.54) is 0 Å². The Morgan fingerprint density at radius 1 is 1.23 bits per heavy atom. The predicted octanol–water partition coefficient (Wildman–Crippen LogP) is 3.14. The Morgan fingerprint density at radius 2 is 1.91 bits per heavy atom. The van der Waals surface area contributed by atoms with E-state index in [9.17, 15) is 9.90 Å². The van der Waals surface area contributed by atoms with Crippen molar-refractivity contribution in [2.24, 2.45) is 0 Å². The molecule has 0 spiro atoms. The largest absolute Gasteiger partial charge is 0.380 e. The molecular formula is C17H22ClNO2S. The first-order valence-electron chi connectivity index (χ1n) is 7.89. The van der Waals surface area contributed by atoms with Gasteiger partial charge in [0, 0.05) is 17.0 Å². The standard InChI is InChI=1S/C17H22ClNO2S/c18-14-5-2-1-4-13(14)16(6-3-7-16)12-19-15(20)17(21)8-10-22-11-9-17/h1-2,4-5,21H,3,6-12H2,(H,19,20). The van der Waals surface area contributed by atoms with Crippen LogP contribution < -0.4 is 5.32 Å². The molecule has 2 N–H and O–H groups in total. The van der Waals surface area contributed by atoms with E-state index >= 15 is 0 Å². The summed E-state index contributed by atoms with van der Waals surface area (Å²) in [6, 6.07) is 7.89. The van der Waals surface area contributed by atoms with Gasteiger partial charge in [0.05, 0.1) is 0 Å². The minimum absolute atomic E-state index is 0.0617. The molecule has 3 nitrogen and oxygen atoms in total. The van der Waals surface area contributed by atoms with E-state index in [2.05, 4.69) is 11.4 Å². The summed E-state index contributed by atoms with van der Waals surface area (Å²) >= 11 is 8.14. The molecule has 1 saturated carbocycles. The molecule has 2 aliphatic rings. The van der Waals surface area contributed by atoms with Gasteiger partial charge in [-0.1, -0.05) is 36.2 Å². The average Bonchev–Trinajstić information content (AvgIpc) is 2.48. The van der Waals surface area contributed by atoms with E-state index in [1.807, 2.05) is 18.2 Å². The molecule has 1 aliphatic heterocycles. The van der Waals surface area contributed by atoms with Crippen molar-refractivity contribution in [3.8, 4) is 0 Å². The third kappa shape index (κ3) is 3.01. The predicted molar refractivity (Wildman–Crippen MR) is 91.5 cm³/mol. The van der Waals surface area contributed by atoms with Crippen LogP contribution in [-0.2, 0) is 10.2 Å². The Hall–Kier alpha value is -0.710. The van der Waals surface area contributed by atoms with E-state index in [4.69, 9.17) is 11.6 Å². The molecule has 1 saturated heterocycles. The first kappa shape index (κ1) is 16.2. The molecule has 0 atom stereocenters. The highest BCUT2D eigenvalue weighted by Crippen LogP contribution is 2.45. The molecule has 3 rings (SSSR count). The van der Waals surface area contributed by atoms with Gasteiger partial charge in [-0.05, 0) is 48.8 Å². The number of nitrogens with one attached hydrogen (secondary N) is 1. The number of hydrogen-bond donors (Lipinski definition) is 2. The number of benzene rings is 1. The molecule has 1 aliphatic carbocycles. The third-order valence-corrected chi connectivity index (χ3v) is 6.40. The van der Waals surface area contributed by atoms with Crippen molar-refractivity contribution >= 4 is 29.3 Å². The first-order chi connectivity index (χ1) is 10.6. The number of carbonyl (C=O) groups is 1. The fourth-order valence-corrected chi connectivity index (χ4v) is 4.89. The van der Waals surface area contributed by atoms with Crippen LogP contribution in [0.5, 0.6) is 0 Å². The molecule has 0 aromatic heterocycles. The zero-order valence-electron chi connectivity index (χ0n) is 12.6. The smallest absolute Gasteiger partial charge is 0.252 e. The van der Waals surface area contributed by atoms with Crippen LogP contribution >= 0.6 is 23.4 Å². The maximum Gasteiger partial charge on any atom is 0.252 e. The number of aliphatic hydroxyl groups is 1. The lowest BCUT2D eigenvalue weighted by Crippen LogP contribution is -2.53. The fourth-order valence-electron chi connectivity index (χ4n) is 3.39. The Morgan fingerprint density at radius 3 is 2.50 bits per heavy atom. The molecule has 0 radical (unpaired) electrons. The quantitative estimate of drug-likeness (QED) is 0.886. The number of carbonyl (C=O) groups excluding carboxylic acids is 1. The second kappa shape index (κ2) is 6.42. The van der Waals surface area contributed by atoms with Crippen molar-refractivity contribution in [3.05, 3.63) is 34.9 Å². The van der Waals surface area contributed by atoms with Crippen LogP contribution in [0.25, 0.3) is 0 Å². The van der Waals surface area contributed by atoms with Crippen molar-refractivity contribution in [1.82, 2.24) is 5.32 Å². The summed E-state index contributed by atoms with van der Waals surface area (Å²) in [6.07, 6.45) is 4.31. The highest BCUT2D eigenvalue weighted by molar-refractivity contribution is 7.99. The van der Waals surface area contributed by atoms with Gasteiger partial charge in [-0.2, -0.15) is 11.8 Å². The lowest BCUT2D eigenvalue weighted by Gasteiger charge is -2.44. The first-order valence-corrected chi connectivity index (χ1v) is 9.43. The van der Waals surface area contributed by atoms with Gasteiger partial charge in [0.2, 0.25) is 0 Å². The van der Waals surface area contributed by atoms with Gasteiger partial charge in [0.1, 0.15) is 5.60 Å². The molecular weight excluding hydrogens is 318 g/mol. The number of halogens is 1. The Bertz CT molecular complexity index is 553. The maximum absolute atomic E-state index is 12.4. The summed E-state index contributed by atoms with van der Waals surface area (Å²) in [6.45, 7) is 0.561. The van der Waals surface area contributed by atoms with Gasteiger partial charge in [-0.3, -0.25) is 4.79 Å². The van der Waals surface area contributed by atoms with Gasteiger partial charge in [0.25, 0.3) is 5.91 Å². The minimum Gasteiger partial charge on any atom is -0.380 e.